The minimum Gasteiger partial charge on any atom is -0.481 e. The number of rotatable bonds is 6. The Morgan fingerprint density at radius 1 is 1.69 bits per heavy atom. The van der Waals surface area contributed by atoms with Gasteiger partial charge in [0.1, 0.15) is 0 Å². The minimum absolute atomic E-state index is 0.284. The van der Waals surface area contributed by atoms with Gasteiger partial charge in [-0.25, -0.2) is 0 Å². The van der Waals surface area contributed by atoms with E-state index < -0.39 is 5.97 Å². The molecule has 0 fully saturated rings. The van der Waals surface area contributed by atoms with Crippen molar-refractivity contribution >= 4 is 23.6 Å². The Labute approximate surface area is 82.6 Å². The van der Waals surface area contributed by atoms with Crippen LogP contribution in [-0.2, 0) is 4.79 Å². The predicted molar refractivity (Wildman–Crippen MR) is 56.3 cm³/mol. The molecule has 0 aromatic carbocycles. The molecule has 0 saturated heterocycles. The summed E-state index contributed by atoms with van der Waals surface area (Å²) in [7, 11) is 0. The summed E-state index contributed by atoms with van der Waals surface area (Å²) < 4.78 is 0. The maximum absolute atomic E-state index is 10.4. The first kappa shape index (κ1) is 12.3. The first-order chi connectivity index (χ1) is 6.04. The smallest absolute Gasteiger partial charge is 0.307 e. The highest BCUT2D eigenvalue weighted by Gasteiger charge is 2.09. The molecule has 0 heterocycles. The van der Waals surface area contributed by atoms with Gasteiger partial charge in [-0.2, -0.15) is 11.8 Å². The SMILES string of the molecule is CC(N)=NCCSCC(C)C(=O)O. The standard InChI is InChI=1S/C8H16N2O2S/c1-6(8(11)12)5-13-4-3-10-7(2)9/h6H,3-5H2,1-2H3,(H2,9,10)(H,11,12). The number of hydrogen-bond acceptors (Lipinski definition) is 3. The van der Waals surface area contributed by atoms with Gasteiger partial charge in [0.15, 0.2) is 0 Å². The van der Waals surface area contributed by atoms with Crippen LogP contribution in [0.2, 0.25) is 0 Å². The molecule has 1 atom stereocenters. The Hall–Kier alpha value is -0.710. The van der Waals surface area contributed by atoms with Crippen LogP contribution in [0.15, 0.2) is 4.99 Å². The van der Waals surface area contributed by atoms with E-state index in [0.29, 0.717) is 18.1 Å². The number of carbonyl (C=O) groups is 1. The zero-order valence-corrected chi connectivity index (χ0v) is 8.80. The summed E-state index contributed by atoms with van der Waals surface area (Å²) in [5.74, 6) is 1.01. The van der Waals surface area contributed by atoms with Crippen molar-refractivity contribution in [1.82, 2.24) is 0 Å². The average molecular weight is 204 g/mol. The van der Waals surface area contributed by atoms with Gasteiger partial charge in [-0.05, 0) is 6.92 Å². The van der Waals surface area contributed by atoms with Gasteiger partial charge in [-0.1, -0.05) is 6.92 Å². The van der Waals surface area contributed by atoms with E-state index in [0.717, 1.165) is 5.75 Å². The van der Waals surface area contributed by atoms with Gasteiger partial charge < -0.3 is 10.8 Å². The summed E-state index contributed by atoms with van der Waals surface area (Å²) in [5, 5.41) is 8.57. The van der Waals surface area contributed by atoms with Gasteiger partial charge in [-0.15, -0.1) is 0 Å². The number of hydrogen-bond donors (Lipinski definition) is 2. The average Bonchev–Trinajstić information content (AvgIpc) is 2.02. The largest absolute Gasteiger partial charge is 0.481 e. The van der Waals surface area contributed by atoms with Gasteiger partial charge in [0.25, 0.3) is 0 Å². The summed E-state index contributed by atoms with van der Waals surface area (Å²) in [5.41, 5.74) is 5.33. The van der Waals surface area contributed by atoms with Crippen LogP contribution < -0.4 is 5.73 Å². The number of thioether (sulfide) groups is 1. The lowest BCUT2D eigenvalue weighted by Crippen LogP contribution is -2.12. The van der Waals surface area contributed by atoms with E-state index in [1.165, 1.54) is 0 Å². The number of nitrogens with two attached hydrogens (primary N) is 1. The molecule has 0 aliphatic heterocycles. The second kappa shape index (κ2) is 6.77. The lowest BCUT2D eigenvalue weighted by Gasteiger charge is -2.03. The number of aliphatic imine (C=N–C) groups is 1. The molecule has 0 spiro atoms. The van der Waals surface area contributed by atoms with Crippen molar-refractivity contribution in [2.45, 2.75) is 13.8 Å². The quantitative estimate of drug-likeness (QED) is 0.381. The summed E-state index contributed by atoms with van der Waals surface area (Å²) in [6, 6.07) is 0. The van der Waals surface area contributed by atoms with E-state index >= 15 is 0 Å². The topological polar surface area (TPSA) is 75.7 Å². The zero-order valence-electron chi connectivity index (χ0n) is 7.99. The predicted octanol–water partition coefficient (Wildman–Crippen LogP) is 0.817. The fourth-order valence-corrected chi connectivity index (χ4v) is 1.50. The summed E-state index contributed by atoms with van der Waals surface area (Å²) in [6.07, 6.45) is 0. The molecule has 0 saturated carbocycles. The van der Waals surface area contributed by atoms with E-state index in [9.17, 15) is 4.79 Å². The third-order valence-corrected chi connectivity index (χ3v) is 2.59. The fraction of sp³-hybridized carbons (Fsp3) is 0.750. The highest BCUT2D eigenvalue weighted by molar-refractivity contribution is 7.99. The number of nitrogens with zero attached hydrogens (tertiary/aromatic N) is 1. The van der Waals surface area contributed by atoms with Crippen molar-refractivity contribution in [3.05, 3.63) is 0 Å². The molecule has 3 N–H and O–H groups in total. The number of carboxylic acids is 1. The van der Waals surface area contributed by atoms with Crippen molar-refractivity contribution in [2.75, 3.05) is 18.1 Å². The highest BCUT2D eigenvalue weighted by Crippen LogP contribution is 2.07. The number of carboxylic acid groups (broad SMARTS) is 1. The van der Waals surface area contributed by atoms with Crippen LogP contribution in [0.4, 0.5) is 0 Å². The molecule has 13 heavy (non-hydrogen) atoms. The fourth-order valence-electron chi connectivity index (χ4n) is 0.618. The van der Waals surface area contributed by atoms with Crippen molar-refractivity contribution in [1.29, 1.82) is 0 Å². The van der Waals surface area contributed by atoms with Crippen molar-refractivity contribution in [3.63, 3.8) is 0 Å². The maximum atomic E-state index is 10.4. The lowest BCUT2D eigenvalue weighted by molar-refractivity contribution is -0.140. The number of amidine groups is 1. The normalized spacial score (nSPS) is 14.2. The Bertz CT molecular complexity index is 191. The van der Waals surface area contributed by atoms with E-state index in [1.807, 2.05) is 0 Å². The molecule has 0 aromatic heterocycles. The number of aliphatic carboxylic acids is 1. The Morgan fingerprint density at radius 2 is 2.31 bits per heavy atom. The Kier molecular flexibility index (Phi) is 6.40. The van der Waals surface area contributed by atoms with Crippen molar-refractivity contribution in [2.24, 2.45) is 16.6 Å². The van der Waals surface area contributed by atoms with Crippen LogP contribution in [0.25, 0.3) is 0 Å². The highest BCUT2D eigenvalue weighted by atomic mass is 32.2. The Morgan fingerprint density at radius 3 is 2.77 bits per heavy atom. The monoisotopic (exact) mass is 204 g/mol. The molecule has 76 valence electrons. The van der Waals surface area contributed by atoms with Gasteiger partial charge in [0, 0.05) is 18.1 Å². The maximum Gasteiger partial charge on any atom is 0.307 e. The molecule has 0 radical (unpaired) electrons. The molecule has 4 nitrogen and oxygen atoms in total. The van der Waals surface area contributed by atoms with E-state index in [4.69, 9.17) is 10.8 Å². The van der Waals surface area contributed by atoms with Crippen molar-refractivity contribution < 1.29 is 9.90 Å². The summed E-state index contributed by atoms with van der Waals surface area (Å²) >= 11 is 1.59. The van der Waals surface area contributed by atoms with Crippen LogP contribution in [0.1, 0.15) is 13.8 Å². The molecule has 0 aliphatic carbocycles. The molecule has 0 rings (SSSR count). The minimum atomic E-state index is -0.744. The molecule has 5 heteroatoms. The van der Waals surface area contributed by atoms with E-state index in [1.54, 1.807) is 25.6 Å². The van der Waals surface area contributed by atoms with Crippen LogP contribution in [0.5, 0.6) is 0 Å². The van der Waals surface area contributed by atoms with Gasteiger partial charge >= 0.3 is 5.97 Å². The molecular weight excluding hydrogens is 188 g/mol. The first-order valence-corrected chi connectivity index (χ1v) is 5.26. The molecule has 0 aliphatic rings. The molecular formula is C8H16N2O2S. The van der Waals surface area contributed by atoms with Crippen LogP contribution in [-0.4, -0.2) is 35.0 Å². The zero-order chi connectivity index (χ0) is 10.3. The van der Waals surface area contributed by atoms with Crippen LogP contribution in [0.3, 0.4) is 0 Å². The van der Waals surface area contributed by atoms with Crippen molar-refractivity contribution in [3.8, 4) is 0 Å². The van der Waals surface area contributed by atoms with Gasteiger partial charge in [-0.3, -0.25) is 9.79 Å². The van der Waals surface area contributed by atoms with E-state index in [-0.39, 0.29) is 5.92 Å². The lowest BCUT2D eigenvalue weighted by atomic mass is 10.2. The molecule has 0 amide bonds. The van der Waals surface area contributed by atoms with Gasteiger partial charge in [0.05, 0.1) is 11.8 Å². The first-order valence-electron chi connectivity index (χ1n) is 4.11. The third-order valence-electron chi connectivity index (χ3n) is 1.39. The Balaban J connectivity index is 3.36. The van der Waals surface area contributed by atoms with E-state index in [2.05, 4.69) is 4.99 Å². The van der Waals surface area contributed by atoms with Gasteiger partial charge in [0.2, 0.25) is 0 Å². The van der Waals surface area contributed by atoms with Crippen LogP contribution >= 0.6 is 11.8 Å². The molecule has 0 bridgehead atoms. The van der Waals surface area contributed by atoms with Crippen LogP contribution in [0, 0.1) is 5.92 Å². The summed E-state index contributed by atoms with van der Waals surface area (Å²) in [6.45, 7) is 4.11. The summed E-state index contributed by atoms with van der Waals surface area (Å²) in [4.78, 5) is 14.4. The molecule has 0 aromatic rings. The third kappa shape index (κ3) is 7.64. The second-order valence-corrected chi connectivity index (χ2v) is 3.99. The second-order valence-electron chi connectivity index (χ2n) is 2.84. The molecule has 1 unspecified atom stereocenters.